The molecule has 0 fully saturated rings. The standard InChI is InChI=1S/C12H9FO4/c13-8-1-3-9(4-2-8)16-7-10-5-6-11(17-10)12(14)15/h1-6H,7H2,(H,14,15)/p-1. The van der Waals surface area contributed by atoms with Crippen molar-refractivity contribution in [3.05, 3.63) is 53.7 Å². The van der Waals surface area contributed by atoms with Gasteiger partial charge in [-0.25, -0.2) is 4.39 Å². The van der Waals surface area contributed by atoms with Gasteiger partial charge in [0.05, 0.1) is 0 Å². The van der Waals surface area contributed by atoms with Crippen LogP contribution >= 0.6 is 0 Å². The summed E-state index contributed by atoms with van der Waals surface area (Å²) >= 11 is 0. The molecule has 17 heavy (non-hydrogen) atoms. The molecule has 1 heterocycles. The molecule has 0 aliphatic heterocycles. The molecule has 0 radical (unpaired) electrons. The number of ether oxygens (including phenoxy) is 1. The number of furan rings is 1. The molecule has 0 atom stereocenters. The second-order valence-corrected chi connectivity index (χ2v) is 3.30. The first kappa shape index (κ1) is 11.2. The van der Waals surface area contributed by atoms with Gasteiger partial charge in [0, 0.05) is 0 Å². The average Bonchev–Trinajstić information content (AvgIpc) is 2.77. The number of rotatable bonds is 4. The molecule has 0 saturated heterocycles. The van der Waals surface area contributed by atoms with Gasteiger partial charge >= 0.3 is 0 Å². The van der Waals surface area contributed by atoms with Crippen LogP contribution in [0.3, 0.4) is 0 Å². The Morgan fingerprint density at radius 2 is 1.94 bits per heavy atom. The van der Waals surface area contributed by atoms with Gasteiger partial charge in [0.2, 0.25) is 0 Å². The van der Waals surface area contributed by atoms with E-state index < -0.39 is 5.97 Å². The van der Waals surface area contributed by atoms with Crippen LogP contribution in [0.15, 0.2) is 40.8 Å². The van der Waals surface area contributed by atoms with Crippen LogP contribution in [0.2, 0.25) is 0 Å². The van der Waals surface area contributed by atoms with Crippen LogP contribution in [0, 0.1) is 5.82 Å². The third-order valence-corrected chi connectivity index (χ3v) is 2.06. The number of hydrogen-bond donors (Lipinski definition) is 0. The van der Waals surface area contributed by atoms with E-state index in [1.54, 1.807) is 0 Å². The summed E-state index contributed by atoms with van der Waals surface area (Å²) in [6, 6.07) is 8.25. The Kier molecular flexibility index (Phi) is 3.09. The van der Waals surface area contributed by atoms with E-state index >= 15 is 0 Å². The number of aromatic carboxylic acids is 1. The number of carboxylic acid groups (broad SMARTS) is 1. The quantitative estimate of drug-likeness (QED) is 0.802. The van der Waals surface area contributed by atoms with Crippen molar-refractivity contribution in [1.82, 2.24) is 0 Å². The van der Waals surface area contributed by atoms with Gasteiger partial charge in [0.25, 0.3) is 0 Å². The molecule has 2 aromatic rings. The fraction of sp³-hybridized carbons (Fsp3) is 0.0833. The number of halogens is 1. The van der Waals surface area contributed by atoms with Crippen molar-refractivity contribution in [2.24, 2.45) is 0 Å². The summed E-state index contributed by atoms with van der Waals surface area (Å²) in [5, 5.41) is 10.4. The SMILES string of the molecule is O=C([O-])c1ccc(COc2ccc(F)cc2)o1. The molecular formula is C12H8FO4-. The molecule has 1 aromatic carbocycles. The van der Waals surface area contributed by atoms with E-state index in [9.17, 15) is 14.3 Å². The normalized spacial score (nSPS) is 10.2. The maximum atomic E-state index is 12.6. The fourth-order valence-electron chi connectivity index (χ4n) is 1.25. The number of carbonyl (C=O) groups is 1. The molecule has 4 nitrogen and oxygen atoms in total. The van der Waals surface area contributed by atoms with Crippen molar-refractivity contribution in [3.63, 3.8) is 0 Å². The minimum absolute atomic E-state index is 0.0684. The van der Waals surface area contributed by atoms with Crippen LogP contribution in [-0.2, 0) is 6.61 Å². The third kappa shape index (κ3) is 2.84. The molecule has 1 aromatic heterocycles. The van der Waals surface area contributed by atoms with Crippen LogP contribution in [0.4, 0.5) is 4.39 Å². The highest BCUT2D eigenvalue weighted by Crippen LogP contribution is 2.14. The lowest BCUT2D eigenvalue weighted by Gasteiger charge is -2.03. The Morgan fingerprint density at radius 1 is 1.24 bits per heavy atom. The van der Waals surface area contributed by atoms with Gasteiger partial charge < -0.3 is 19.1 Å². The molecular weight excluding hydrogens is 227 g/mol. The minimum atomic E-state index is -1.38. The molecule has 0 saturated carbocycles. The minimum Gasteiger partial charge on any atom is -0.542 e. The van der Waals surface area contributed by atoms with Crippen molar-refractivity contribution in [1.29, 1.82) is 0 Å². The molecule has 0 amide bonds. The maximum Gasteiger partial charge on any atom is 0.149 e. The molecule has 0 aliphatic rings. The molecule has 5 heteroatoms. The molecule has 0 N–H and O–H groups in total. The highest BCUT2D eigenvalue weighted by Gasteiger charge is 2.03. The van der Waals surface area contributed by atoms with Gasteiger partial charge in [-0.3, -0.25) is 0 Å². The molecule has 2 rings (SSSR count). The van der Waals surface area contributed by atoms with E-state index in [2.05, 4.69) is 0 Å². The van der Waals surface area contributed by atoms with E-state index in [0.29, 0.717) is 11.5 Å². The first-order chi connectivity index (χ1) is 8.15. The van der Waals surface area contributed by atoms with Crippen LogP contribution in [-0.4, -0.2) is 5.97 Å². The summed E-state index contributed by atoms with van der Waals surface area (Å²) in [5.41, 5.74) is 0. The summed E-state index contributed by atoms with van der Waals surface area (Å²) < 4.78 is 22.8. The van der Waals surface area contributed by atoms with Gasteiger partial charge in [-0.15, -0.1) is 0 Å². The molecule has 0 spiro atoms. The third-order valence-electron chi connectivity index (χ3n) is 2.06. The zero-order valence-electron chi connectivity index (χ0n) is 8.68. The van der Waals surface area contributed by atoms with Gasteiger partial charge in [-0.2, -0.15) is 0 Å². The van der Waals surface area contributed by atoms with Crippen molar-refractivity contribution in [3.8, 4) is 5.75 Å². The lowest BCUT2D eigenvalue weighted by molar-refractivity contribution is -0.257. The lowest BCUT2D eigenvalue weighted by atomic mass is 10.3. The van der Waals surface area contributed by atoms with E-state index in [-0.39, 0.29) is 18.2 Å². The maximum absolute atomic E-state index is 12.6. The zero-order valence-corrected chi connectivity index (χ0v) is 8.68. The van der Waals surface area contributed by atoms with Gasteiger partial charge in [-0.05, 0) is 36.4 Å². The van der Waals surface area contributed by atoms with Gasteiger partial charge in [-0.1, -0.05) is 0 Å². The van der Waals surface area contributed by atoms with Crippen LogP contribution in [0.5, 0.6) is 5.75 Å². The summed E-state index contributed by atoms with van der Waals surface area (Å²) in [6.07, 6.45) is 0. The molecule has 88 valence electrons. The predicted molar refractivity (Wildman–Crippen MR) is 53.8 cm³/mol. The highest BCUT2D eigenvalue weighted by molar-refractivity contribution is 5.82. The zero-order chi connectivity index (χ0) is 12.3. The topological polar surface area (TPSA) is 62.5 Å². The van der Waals surface area contributed by atoms with Crippen LogP contribution in [0.1, 0.15) is 16.3 Å². The number of carbonyl (C=O) groups excluding carboxylic acids is 1. The molecule has 0 bridgehead atoms. The smallest absolute Gasteiger partial charge is 0.149 e. The monoisotopic (exact) mass is 235 g/mol. The second-order valence-electron chi connectivity index (χ2n) is 3.30. The molecule has 0 unspecified atom stereocenters. The first-order valence-corrected chi connectivity index (χ1v) is 4.83. The van der Waals surface area contributed by atoms with E-state index in [0.717, 1.165) is 0 Å². The largest absolute Gasteiger partial charge is 0.542 e. The van der Waals surface area contributed by atoms with E-state index in [1.165, 1.54) is 36.4 Å². The van der Waals surface area contributed by atoms with Crippen LogP contribution < -0.4 is 9.84 Å². The fourth-order valence-corrected chi connectivity index (χ4v) is 1.25. The Balaban J connectivity index is 1.97. The highest BCUT2D eigenvalue weighted by atomic mass is 19.1. The lowest BCUT2D eigenvalue weighted by Crippen LogP contribution is -2.21. The first-order valence-electron chi connectivity index (χ1n) is 4.83. The second kappa shape index (κ2) is 4.69. The summed E-state index contributed by atoms with van der Waals surface area (Å²) in [5.74, 6) is -1.15. The number of hydrogen-bond acceptors (Lipinski definition) is 4. The number of carboxylic acids is 1. The van der Waals surface area contributed by atoms with Crippen molar-refractivity contribution >= 4 is 5.97 Å². The van der Waals surface area contributed by atoms with E-state index in [4.69, 9.17) is 9.15 Å². The van der Waals surface area contributed by atoms with Crippen molar-refractivity contribution in [2.45, 2.75) is 6.61 Å². The Hall–Kier alpha value is -2.30. The Morgan fingerprint density at radius 3 is 2.53 bits per heavy atom. The predicted octanol–water partition coefficient (Wildman–Crippen LogP) is 1.36. The summed E-state index contributed by atoms with van der Waals surface area (Å²) in [4.78, 5) is 10.4. The number of benzene rings is 1. The average molecular weight is 235 g/mol. The van der Waals surface area contributed by atoms with Crippen molar-refractivity contribution < 1.29 is 23.4 Å². The van der Waals surface area contributed by atoms with Gasteiger partial charge in [0.1, 0.15) is 35.7 Å². The van der Waals surface area contributed by atoms with E-state index in [1.807, 2.05) is 0 Å². The summed E-state index contributed by atoms with van der Waals surface area (Å²) in [7, 11) is 0. The van der Waals surface area contributed by atoms with Gasteiger partial charge in [0.15, 0.2) is 0 Å². The van der Waals surface area contributed by atoms with Crippen molar-refractivity contribution in [2.75, 3.05) is 0 Å². The molecule has 0 aliphatic carbocycles. The summed E-state index contributed by atoms with van der Waals surface area (Å²) in [6.45, 7) is 0.0684. The van der Waals surface area contributed by atoms with Crippen LogP contribution in [0.25, 0.3) is 0 Å². The Bertz CT molecular complexity index is 516. The Labute approximate surface area is 96.2 Å².